The Morgan fingerprint density at radius 2 is 1.88 bits per heavy atom. The molecule has 0 atom stereocenters. The first-order valence-corrected chi connectivity index (χ1v) is 8.11. The van der Waals surface area contributed by atoms with E-state index in [1.807, 2.05) is 24.3 Å². The van der Waals surface area contributed by atoms with Gasteiger partial charge in [-0.1, -0.05) is 18.2 Å². The summed E-state index contributed by atoms with van der Waals surface area (Å²) in [5.74, 6) is 0.775. The van der Waals surface area contributed by atoms with Crippen molar-refractivity contribution in [3.63, 3.8) is 0 Å². The smallest absolute Gasteiger partial charge is 0.336 e. The number of esters is 1. The first-order chi connectivity index (χ1) is 12.2. The summed E-state index contributed by atoms with van der Waals surface area (Å²) in [5, 5.41) is 0. The molecule has 0 radical (unpaired) electrons. The number of hydrogen-bond donors (Lipinski definition) is 0. The number of anilines is 1. The molecule has 1 saturated heterocycles. The molecular formula is C20H19NO4. The molecule has 0 spiro atoms. The van der Waals surface area contributed by atoms with E-state index in [0.29, 0.717) is 17.9 Å². The van der Waals surface area contributed by atoms with Crippen LogP contribution in [0.3, 0.4) is 0 Å². The molecule has 2 aromatic carbocycles. The van der Waals surface area contributed by atoms with Gasteiger partial charge < -0.3 is 14.4 Å². The van der Waals surface area contributed by atoms with Gasteiger partial charge in [0, 0.05) is 30.3 Å². The van der Waals surface area contributed by atoms with E-state index in [4.69, 9.17) is 9.47 Å². The predicted molar refractivity (Wildman–Crippen MR) is 95.7 cm³/mol. The van der Waals surface area contributed by atoms with E-state index in [2.05, 4.69) is 0 Å². The van der Waals surface area contributed by atoms with Crippen LogP contribution in [0.4, 0.5) is 5.69 Å². The Morgan fingerprint density at radius 1 is 1.12 bits per heavy atom. The zero-order valence-electron chi connectivity index (χ0n) is 14.0. The Balaban J connectivity index is 1.63. The van der Waals surface area contributed by atoms with Gasteiger partial charge in [0.25, 0.3) is 0 Å². The fraction of sp³-hybridized carbons (Fsp3) is 0.200. The van der Waals surface area contributed by atoms with Gasteiger partial charge in [-0.25, -0.2) is 4.79 Å². The minimum absolute atomic E-state index is 0.129. The standard InChI is InChI=1S/C20H19NO4/c1-24-18-6-3-2-5-15(18)8-13-20(23)25-17-11-9-16(10-12-17)21-14-4-7-19(21)22/h2-3,5-6,8-13H,4,7,14H2,1H3/b13-8+. The summed E-state index contributed by atoms with van der Waals surface area (Å²) in [6.45, 7) is 0.736. The maximum atomic E-state index is 12.0. The predicted octanol–water partition coefficient (Wildman–Crippen LogP) is 3.44. The van der Waals surface area contributed by atoms with Gasteiger partial charge in [-0.2, -0.15) is 0 Å². The van der Waals surface area contributed by atoms with Crippen molar-refractivity contribution in [3.8, 4) is 11.5 Å². The summed E-state index contributed by atoms with van der Waals surface area (Å²) in [6.07, 6.45) is 4.47. The maximum absolute atomic E-state index is 12.0. The van der Waals surface area contributed by atoms with Crippen LogP contribution in [-0.4, -0.2) is 25.5 Å². The van der Waals surface area contributed by atoms with E-state index in [1.54, 1.807) is 42.4 Å². The third kappa shape index (κ3) is 4.07. The molecule has 2 aromatic rings. The van der Waals surface area contributed by atoms with Crippen LogP contribution >= 0.6 is 0 Å². The van der Waals surface area contributed by atoms with Crippen LogP contribution in [0, 0.1) is 0 Å². The maximum Gasteiger partial charge on any atom is 0.336 e. The fourth-order valence-corrected chi connectivity index (χ4v) is 2.73. The van der Waals surface area contributed by atoms with Crippen LogP contribution in [0.2, 0.25) is 0 Å². The average molecular weight is 337 g/mol. The normalized spacial score (nSPS) is 14.1. The molecule has 25 heavy (non-hydrogen) atoms. The molecule has 0 bridgehead atoms. The van der Waals surface area contributed by atoms with E-state index < -0.39 is 5.97 Å². The van der Waals surface area contributed by atoms with E-state index in [0.717, 1.165) is 24.2 Å². The number of rotatable bonds is 5. The molecule has 3 rings (SSSR count). The van der Waals surface area contributed by atoms with Crippen molar-refractivity contribution < 1.29 is 19.1 Å². The first-order valence-electron chi connectivity index (χ1n) is 8.11. The number of methoxy groups -OCH3 is 1. The van der Waals surface area contributed by atoms with Crippen molar-refractivity contribution in [1.82, 2.24) is 0 Å². The van der Waals surface area contributed by atoms with Gasteiger partial charge in [-0.15, -0.1) is 0 Å². The number of carbonyl (C=O) groups is 2. The minimum Gasteiger partial charge on any atom is -0.496 e. The summed E-state index contributed by atoms with van der Waals surface area (Å²) in [4.78, 5) is 25.4. The highest BCUT2D eigenvalue weighted by atomic mass is 16.5. The van der Waals surface area contributed by atoms with Crippen molar-refractivity contribution in [1.29, 1.82) is 0 Å². The van der Waals surface area contributed by atoms with Crippen LogP contribution in [-0.2, 0) is 9.59 Å². The fourth-order valence-electron chi connectivity index (χ4n) is 2.73. The first kappa shape index (κ1) is 16.8. The zero-order valence-corrected chi connectivity index (χ0v) is 14.0. The molecule has 0 aromatic heterocycles. The average Bonchev–Trinajstić information content (AvgIpc) is 3.07. The summed E-state index contributed by atoms with van der Waals surface area (Å²) in [5.41, 5.74) is 1.62. The van der Waals surface area contributed by atoms with E-state index in [-0.39, 0.29) is 5.91 Å². The van der Waals surface area contributed by atoms with E-state index in [1.165, 1.54) is 6.08 Å². The highest BCUT2D eigenvalue weighted by Crippen LogP contribution is 2.24. The molecule has 128 valence electrons. The lowest BCUT2D eigenvalue weighted by molar-refractivity contribution is -0.128. The van der Waals surface area contributed by atoms with Crippen molar-refractivity contribution in [2.24, 2.45) is 0 Å². The number of nitrogens with zero attached hydrogens (tertiary/aromatic N) is 1. The highest BCUT2D eigenvalue weighted by Gasteiger charge is 2.21. The number of benzene rings is 2. The molecule has 5 nitrogen and oxygen atoms in total. The molecule has 1 heterocycles. The second kappa shape index (κ2) is 7.66. The van der Waals surface area contributed by atoms with Crippen LogP contribution in [0.25, 0.3) is 6.08 Å². The Kier molecular flexibility index (Phi) is 5.14. The Hall–Kier alpha value is -3.08. The molecule has 0 aliphatic carbocycles. The summed E-state index contributed by atoms with van der Waals surface area (Å²) in [7, 11) is 1.58. The van der Waals surface area contributed by atoms with Crippen LogP contribution in [0.15, 0.2) is 54.6 Å². The number of hydrogen-bond acceptors (Lipinski definition) is 4. The van der Waals surface area contributed by atoms with Crippen LogP contribution in [0.1, 0.15) is 18.4 Å². The second-order valence-corrected chi connectivity index (χ2v) is 5.64. The van der Waals surface area contributed by atoms with Gasteiger partial charge in [-0.05, 0) is 42.8 Å². The Bertz CT molecular complexity index is 796. The Labute approximate surface area is 146 Å². The van der Waals surface area contributed by atoms with Gasteiger partial charge >= 0.3 is 5.97 Å². The number of amides is 1. The lowest BCUT2D eigenvalue weighted by atomic mass is 10.2. The van der Waals surface area contributed by atoms with Gasteiger partial charge in [-0.3, -0.25) is 4.79 Å². The molecular weight excluding hydrogens is 318 g/mol. The van der Waals surface area contributed by atoms with Gasteiger partial charge in [0.15, 0.2) is 0 Å². The lowest BCUT2D eigenvalue weighted by Crippen LogP contribution is -2.23. The molecule has 0 saturated carbocycles. The zero-order chi connectivity index (χ0) is 17.6. The van der Waals surface area contributed by atoms with Crippen LogP contribution in [0.5, 0.6) is 11.5 Å². The summed E-state index contributed by atoms with van der Waals surface area (Å²) >= 11 is 0. The molecule has 1 amide bonds. The lowest BCUT2D eigenvalue weighted by Gasteiger charge is -2.15. The van der Waals surface area contributed by atoms with Gasteiger partial charge in [0.1, 0.15) is 11.5 Å². The van der Waals surface area contributed by atoms with Crippen molar-refractivity contribution in [2.45, 2.75) is 12.8 Å². The second-order valence-electron chi connectivity index (χ2n) is 5.64. The van der Waals surface area contributed by atoms with Crippen LogP contribution < -0.4 is 14.4 Å². The number of para-hydroxylation sites is 1. The minimum atomic E-state index is -0.476. The SMILES string of the molecule is COc1ccccc1/C=C/C(=O)Oc1ccc(N2CCCC2=O)cc1. The molecule has 5 heteroatoms. The quantitative estimate of drug-likeness (QED) is 0.476. The third-order valence-electron chi connectivity index (χ3n) is 3.98. The van der Waals surface area contributed by atoms with Crippen molar-refractivity contribution in [3.05, 3.63) is 60.2 Å². The topological polar surface area (TPSA) is 55.8 Å². The van der Waals surface area contributed by atoms with Gasteiger partial charge in [0.05, 0.1) is 7.11 Å². The Morgan fingerprint density at radius 3 is 2.56 bits per heavy atom. The number of ether oxygens (including phenoxy) is 2. The van der Waals surface area contributed by atoms with Crippen molar-refractivity contribution in [2.75, 3.05) is 18.6 Å². The number of carbonyl (C=O) groups excluding carboxylic acids is 2. The molecule has 1 fully saturated rings. The monoisotopic (exact) mass is 337 g/mol. The largest absolute Gasteiger partial charge is 0.496 e. The van der Waals surface area contributed by atoms with E-state index >= 15 is 0 Å². The van der Waals surface area contributed by atoms with Gasteiger partial charge in [0.2, 0.25) is 5.91 Å². The molecule has 1 aliphatic rings. The summed E-state index contributed by atoms with van der Waals surface area (Å²) in [6, 6.07) is 14.4. The van der Waals surface area contributed by atoms with E-state index in [9.17, 15) is 9.59 Å². The highest BCUT2D eigenvalue weighted by molar-refractivity contribution is 5.95. The van der Waals surface area contributed by atoms with Crippen molar-refractivity contribution >= 4 is 23.6 Å². The molecule has 1 aliphatic heterocycles. The third-order valence-corrected chi connectivity index (χ3v) is 3.98. The molecule has 0 unspecified atom stereocenters. The summed E-state index contributed by atoms with van der Waals surface area (Å²) < 4.78 is 10.5. The molecule has 0 N–H and O–H groups in total.